The Morgan fingerprint density at radius 3 is 2.50 bits per heavy atom. The van der Waals surface area contributed by atoms with Crippen molar-refractivity contribution in [2.75, 3.05) is 50.8 Å². The van der Waals surface area contributed by atoms with Gasteiger partial charge in [-0.15, -0.1) is 12.4 Å². The summed E-state index contributed by atoms with van der Waals surface area (Å²) in [6.45, 7) is 10.3. The fourth-order valence-corrected chi connectivity index (χ4v) is 4.61. The van der Waals surface area contributed by atoms with E-state index in [0.29, 0.717) is 12.6 Å². The molecule has 1 aliphatic heterocycles. The normalized spacial score (nSPS) is 22.4. The molecule has 0 radical (unpaired) electrons. The van der Waals surface area contributed by atoms with Crippen molar-refractivity contribution in [2.24, 2.45) is 5.92 Å². The van der Waals surface area contributed by atoms with Crippen LogP contribution in [0.3, 0.4) is 0 Å². The number of rotatable bonds is 8. The molecule has 1 heterocycles. The second-order valence-corrected chi connectivity index (χ2v) is 8.88. The first-order chi connectivity index (χ1) is 14.0. The number of nitrogens with one attached hydrogen (secondary N) is 1. The lowest BCUT2D eigenvalue weighted by atomic mass is 9.84. The first kappa shape index (κ1) is 25.3. The number of hydrogen-bond donors (Lipinski definition) is 1. The van der Waals surface area contributed by atoms with Crippen molar-refractivity contribution in [1.82, 2.24) is 10.2 Å². The van der Waals surface area contributed by atoms with Crippen molar-refractivity contribution < 1.29 is 9.53 Å². The van der Waals surface area contributed by atoms with Crippen molar-refractivity contribution >= 4 is 35.6 Å². The van der Waals surface area contributed by atoms with Crippen LogP contribution in [0.2, 0.25) is 5.02 Å². The highest BCUT2D eigenvalue weighted by atomic mass is 35.5. The Labute approximate surface area is 192 Å². The second kappa shape index (κ2) is 12.7. The van der Waals surface area contributed by atoms with E-state index in [1.807, 2.05) is 13.8 Å². The highest BCUT2D eigenvalue weighted by Crippen LogP contribution is 2.28. The Balaban J connectivity index is 0.00000320. The maximum atomic E-state index is 11.8. The lowest BCUT2D eigenvalue weighted by Gasteiger charge is -2.37. The van der Waals surface area contributed by atoms with E-state index in [9.17, 15) is 4.79 Å². The summed E-state index contributed by atoms with van der Waals surface area (Å²) in [5.41, 5.74) is 2.38. The highest BCUT2D eigenvalue weighted by molar-refractivity contribution is 6.31. The topological polar surface area (TPSA) is 44.8 Å². The third kappa shape index (κ3) is 7.60. The van der Waals surface area contributed by atoms with Crippen LogP contribution in [0.15, 0.2) is 18.2 Å². The molecule has 2 fully saturated rings. The molecule has 1 aromatic carbocycles. The summed E-state index contributed by atoms with van der Waals surface area (Å²) in [5.74, 6) is 0.826. The van der Waals surface area contributed by atoms with Gasteiger partial charge >= 0.3 is 0 Å². The summed E-state index contributed by atoms with van der Waals surface area (Å²) in [6, 6.07) is 6.73. The van der Waals surface area contributed by atoms with Gasteiger partial charge < -0.3 is 15.0 Å². The Morgan fingerprint density at radius 1 is 1.17 bits per heavy atom. The molecule has 5 nitrogen and oxygen atoms in total. The molecule has 0 unspecified atom stereocenters. The average molecular weight is 458 g/mol. The summed E-state index contributed by atoms with van der Waals surface area (Å²) in [6.07, 6.45) is 5.92. The molecule has 1 saturated carbocycles. The number of aryl methyl sites for hydroxylation is 1. The number of anilines is 1. The van der Waals surface area contributed by atoms with E-state index in [0.717, 1.165) is 55.5 Å². The number of hydrogen-bond acceptors (Lipinski definition) is 4. The molecule has 3 rings (SSSR count). The van der Waals surface area contributed by atoms with Gasteiger partial charge in [0.25, 0.3) is 0 Å². The molecule has 0 spiro atoms. The van der Waals surface area contributed by atoms with Crippen molar-refractivity contribution in [1.29, 1.82) is 0 Å². The van der Waals surface area contributed by atoms with Gasteiger partial charge in [-0.05, 0) is 76.1 Å². The maximum Gasteiger partial charge on any atom is 0.246 e. The van der Waals surface area contributed by atoms with Crippen LogP contribution in [-0.4, -0.2) is 62.8 Å². The van der Waals surface area contributed by atoms with Crippen LogP contribution in [-0.2, 0) is 9.53 Å². The average Bonchev–Trinajstić information content (AvgIpc) is 2.74. The predicted octanol–water partition coefficient (Wildman–Crippen LogP) is 4.29. The zero-order valence-corrected chi connectivity index (χ0v) is 19.9. The minimum atomic E-state index is 0. The molecular formula is C23H37Cl2N3O2. The Bertz CT molecular complexity index is 658. The third-order valence-electron chi connectivity index (χ3n) is 6.40. The van der Waals surface area contributed by atoms with Crippen molar-refractivity contribution in [2.45, 2.75) is 52.0 Å². The Kier molecular flexibility index (Phi) is 10.7. The van der Waals surface area contributed by atoms with Gasteiger partial charge in [-0.3, -0.25) is 9.69 Å². The fraction of sp³-hybridized carbons (Fsp3) is 0.696. The van der Waals surface area contributed by atoms with E-state index in [4.69, 9.17) is 16.3 Å². The van der Waals surface area contributed by atoms with E-state index < -0.39 is 0 Å². The molecule has 1 N–H and O–H groups in total. The first-order valence-corrected chi connectivity index (χ1v) is 11.5. The number of carbonyl (C=O) groups excluding carboxylic acids is 1. The molecule has 0 bridgehead atoms. The minimum Gasteiger partial charge on any atom is -0.372 e. The number of amides is 1. The van der Waals surface area contributed by atoms with Gasteiger partial charge in [0.1, 0.15) is 6.61 Å². The molecule has 170 valence electrons. The van der Waals surface area contributed by atoms with Gasteiger partial charge in [0.05, 0.1) is 0 Å². The molecule has 1 aromatic rings. The smallest absolute Gasteiger partial charge is 0.246 e. The number of piperazine rings is 1. The molecule has 0 aromatic heterocycles. The van der Waals surface area contributed by atoms with Gasteiger partial charge in [-0.1, -0.05) is 17.7 Å². The van der Waals surface area contributed by atoms with E-state index in [1.165, 1.54) is 31.5 Å². The van der Waals surface area contributed by atoms with Gasteiger partial charge in [0, 0.05) is 49.5 Å². The summed E-state index contributed by atoms with van der Waals surface area (Å²) in [4.78, 5) is 16.8. The molecule has 1 aliphatic carbocycles. The van der Waals surface area contributed by atoms with Crippen LogP contribution in [0.25, 0.3) is 0 Å². The summed E-state index contributed by atoms with van der Waals surface area (Å²) in [7, 11) is 0. The van der Waals surface area contributed by atoms with Crippen LogP contribution in [0.1, 0.15) is 44.6 Å². The molecule has 0 atom stereocenters. The molecule has 7 heteroatoms. The first-order valence-electron chi connectivity index (χ1n) is 11.2. The molecule has 1 amide bonds. The molecular weight excluding hydrogens is 421 g/mol. The molecule has 2 aliphatic rings. The van der Waals surface area contributed by atoms with Gasteiger partial charge in [0.2, 0.25) is 5.91 Å². The summed E-state index contributed by atoms with van der Waals surface area (Å²) >= 11 is 6.29. The lowest BCUT2D eigenvalue weighted by molar-refractivity contribution is -0.126. The maximum absolute atomic E-state index is 11.8. The van der Waals surface area contributed by atoms with Crippen LogP contribution in [0, 0.1) is 12.8 Å². The van der Waals surface area contributed by atoms with Gasteiger partial charge in [0.15, 0.2) is 0 Å². The zero-order chi connectivity index (χ0) is 20.6. The lowest BCUT2D eigenvalue weighted by Crippen LogP contribution is -2.47. The fourth-order valence-electron chi connectivity index (χ4n) is 4.43. The summed E-state index contributed by atoms with van der Waals surface area (Å²) < 4.78 is 5.18. The second-order valence-electron chi connectivity index (χ2n) is 8.47. The predicted molar refractivity (Wildman–Crippen MR) is 127 cm³/mol. The van der Waals surface area contributed by atoms with Crippen LogP contribution in [0.5, 0.6) is 0 Å². The Hall–Kier alpha value is -1.01. The number of benzene rings is 1. The van der Waals surface area contributed by atoms with Crippen molar-refractivity contribution in [3.8, 4) is 0 Å². The van der Waals surface area contributed by atoms with Crippen LogP contribution >= 0.6 is 24.0 Å². The highest BCUT2D eigenvalue weighted by Gasteiger charge is 2.24. The summed E-state index contributed by atoms with van der Waals surface area (Å²) in [5, 5.41) is 3.97. The monoisotopic (exact) mass is 457 g/mol. The standard InChI is InChI=1S/C23H36ClN3O2.ClH/c1-3-29-17-23(28)25-20-7-5-19(6-8-20)10-11-26-12-14-27(15-13-26)21-9-4-18(2)22(24)16-21;/h4,9,16,19-20H,3,5-8,10-15,17H2,1-2H3,(H,25,28);1H. The van der Waals surface area contributed by atoms with E-state index in [1.54, 1.807) is 0 Å². The van der Waals surface area contributed by atoms with Crippen LogP contribution in [0.4, 0.5) is 5.69 Å². The largest absolute Gasteiger partial charge is 0.372 e. The SMILES string of the molecule is CCOCC(=O)NC1CCC(CCN2CCN(c3ccc(C)c(Cl)c3)CC2)CC1.Cl. The van der Waals surface area contributed by atoms with Gasteiger partial charge in [-0.25, -0.2) is 0 Å². The van der Waals surface area contributed by atoms with E-state index >= 15 is 0 Å². The van der Waals surface area contributed by atoms with E-state index in [2.05, 4.69) is 33.3 Å². The molecule has 30 heavy (non-hydrogen) atoms. The van der Waals surface area contributed by atoms with Gasteiger partial charge in [-0.2, -0.15) is 0 Å². The number of ether oxygens (including phenoxy) is 1. The number of nitrogens with zero attached hydrogens (tertiary/aromatic N) is 2. The third-order valence-corrected chi connectivity index (χ3v) is 6.80. The number of carbonyl (C=O) groups is 1. The minimum absolute atomic E-state index is 0. The molecule has 1 saturated heterocycles. The quantitative estimate of drug-likeness (QED) is 0.631. The zero-order valence-electron chi connectivity index (χ0n) is 18.4. The number of halogens is 2. The van der Waals surface area contributed by atoms with Crippen LogP contribution < -0.4 is 10.2 Å². The van der Waals surface area contributed by atoms with Crippen molar-refractivity contribution in [3.63, 3.8) is 0 Å². The Morgan fingerprint density at radius 2 is 1.87 bits per heavy atom. The van der Waals surface area contributed by atoms with Crippen molar-refractivity contribution in [3.05, 3.63) is 28.8 Å². The van der Waals surface area contributed by atoms with E-state index in [-0.39, 0.29) is 24.9 Å².